The molecule has 0 saturated carbocycles. The predicted molar refractivity (Wildman–Crippen MR) is 291 cm³/mol. The van der Waals surface area contributed by atoms with E-state index >= 15 is 0 Å². The average Bonchev–Trinajstić information content (AvgIpc) is 3.96. The fourth-order valence-electron chi connectivity index (χ4n) is 10.7. The SMILES string of the molecule is c1ccc(-c2nc(-c3ccc(-c4ccc5c(c4)nc(-c4ccccc4)c4ccc6c(c7ccccc7n6-c6ccccc6)c45)cc3)cc(-c3ccc(-n4c5ccccc5c5ccccc54)cc3)n2)cc1. The smallest absolute Gasteiger partial charge is 0.160 e. The van der Waals surface area contributed by atoms with Crippen LogP contribution >= 0.6 is 0 Å². The topological polar surface area (TPSA) is 48.5 Å². The molecule has 0 spiro atoms. The Balaban J connectivity index is 0.877. The van der Waals surface area contributed by atoms with Crippen LogP contribution in [0, 0.1) is 0 Å². The second-order valence-corrected chi connectivity index (χ2v) is 18.0. The summed E-state index contributed by atoms with van der Waals surface area (Å²) in [5.41, 5.74) is 16.9. The molecule has 326 valence electrons. The molecule has 0 amide bonds. The first-order valence-electron chi connectivity index (χ1n) is 23.8. The Kier molecular flexibility index (Phi) is 9.14. The molecule has 10 aromatic carbocycles. The number of hydrogen-bond donors (Lipinski definition) is 0. The summed E-state index contributed by atoms with van der Waals surface area (Å²) in [7, 11) is 0. The lowest BCUT2D eigenvalue weighted by atomic mass is 9.94. The minimum absolute atomic E-state index is 0.687. The maximum absolute atomic E-state index is 5.48. The molecule has 0 radical (unpaired) electrons. The minimum atomic E-state index is 0.687. The highest BCUT2D eigenvalue weighted by atomic mass is 15.0. The molecule has 0 aliphatic rings. The third-order valence-electron chi connectivity index (χ3n) is 13.9. The number of para-hydroxylation sites is 4. The monoisotopic (exact) mass is 891 g/mol. The van der Waals surface area contributed by atoms with Gasteiger partial charge in [-0.05, 0) is 71.8 Å². The van der Waals surface area contributed by atoms with Gasteiger partial charge in [-0.25, -0.2) is 15.0 Å². The second kappa shape index (κ2) is 16.1. The summed E-state index contributed by atoms with van der Waals surface area (Å²) < 4.78 is 4.74. The van der Waals surface area contributed by atoms with Crippen LogP contribution in [-0.4, -0.2) is 24.1 Å². The van der Waals surface area contributed by atoms with E-state index in [1.807, 2.05) is 18.2 Å². The van der Waals surface area contributed by atoms with Gasteiger partial charge in [0.05, 0.1) is 44.7 Å². The van der Waals surface area contributed by atoms with Crippen LogP contribution in [0.1, 0.15) is 0 Å². The van der Waals surface area contributed by atoms with Gasteiger partial charge in [0.15, 0.2) is 5.82 Å². The molecular formula is C65H41N5. The number of pyridine rings is 1. The van der Waals surface area contributed by atoms with Crippen molar-refractivity contribution in [2.24, 2.45) is 0 Å². The van der Waals surface area contributed by atoms with Crippen molar-refractivity contribution in [3.63, 3.8) is 0 Å². The third-order valence-corrected chi connectivity index (χ3v) is 13.9. The molecule has 0 N–H and O–H groups in total. The Morgan fingerprint density at radius 3 is 1.37 bits per heavy atom. The molecule has 70 heavy (non-hydrogen) atoms. The standard InChI is InChI=1S/C65H41N5/c1-4-16-45(17-5-1)64-54-38-39-61-63(53-24-12-15-27-60(53)70(61)48-20-8-3-9-21-48)62(54)52-37-34-47(40-57(52)66-64)42-28-30-43(31-29-42)55-41-56(68-65(67-55)46-18-6-2-7-19-46)44-32-35-49(36-33-44)69-58-25-13-10-22-50(58)51-23-11-14-26-59(51)69/h1-41H. The van der Waals surface area contributed by atoms with Crippen LogP contribution in [0.3, 0.4) is 0 Å². The predicted octanol–water partition coefficient (Wildman–Crippen LogP) is 16.7. The number of rotatable bonds is 7. The van der Waals surface area contributed by atoms with Gasteiger partial charge in [0.1, 0.15) is 0 Å². The molecule has 0 atom stereocenters. The van der Waals surface area contributed by atoms with E-state index in [0.717, 1.165) is 78.1 Å². The number of hydrogen-bond acceptors (Lipinski definition) is 3. The summed E-state index contributed by atoms with van der Waals surface area (Å²) >= 11 is 0. The Morgan fingerprint density at radius 2 is 0.729 bits per heavy atom. The van der Waals surface area contributed by atoms with Crippen LogP contribution in [-0.2, 0) is 0 Å². The first kappa shape index (κ1) is 39.7. The fraction of sp³-hybridized carbons (Fsp3) is 0. The third kappa shape index (κ3) is 6.44. The van der Waals surface area contributed by atoms with Gasteiger partial charge in [-0.3, -0.25) is 0 Å². The molecule has 0 unspecified atom stereocenters. The first-order valence-corrected chi connectivity index (χ1v) is 23.8. The van der Waals surface area contributed by atoms with Gasteiger partial charge in [0, 0.05) is 71.3 Å². The lowest BCUT2D eigenvalue weighted by Crippen LogP contribution is -1.97. The van der Waals surface area contributed by atoms with Crippen molar-refractivity contribution in [2.75, 3.05) is 0 Å². The van der Waals surface area contributed by atoms with E-state index in [2.05, 4.69) is 240 Å². The van der Waals surface area contributed by atoms with Gasteiger partial charge < -0.3 is 9.13 Å². The van der Waals surface area contributed by atoms with Crippen molar-refractivity contribution in [3.8, 4) is 67.7 Å². The molecule has 5 nitrogen and oxygen atoms in total. The van der Waals surface area contributed by atoms with E-state index in [0.29, 0.717) is 5.82 Å². The maximum atomic E-state index is 5.48. The summed E-state index contributed by atoms with van der Waals surface area (Å²) in [5.74, 6) is 0.687. The number of nitrogens with zero attached hydrogens (tertiary/aromatic N) is 5. The van der Waals surface area contributed by atoms with Crippen LogP contribution in [0.5, 0.6) is 0 Å². The van der Waals surface area contributed by atoms with E-state index in [9.17, 15) is 0 Å². The van der Waals surface area contributed by atoms with Crippen LogP contribution in [0.2, 0.25) is 0 Å². The largest absolute Gasteiger partial charge is 0.309 e. The van der Waals surface area contributed by atoms with E-state index in [1.54, 1.807) is 0 Å². The van der Waals surface area contributed by atoms with Crippen molar-refractivity contribution in [3.05, 3.63) is 249 Å². The molecule has 5 heteroatoms. The van der Waals surface area contributed by atoms with Crippen molar-refractivity contribution >= 4 is 65.3 Å². The highest BCUT2D eigenvalue weighted by molar-refractivity contribution is 6.29. The number of benzene rings is 10. The van der Waals surface area contributed by atoms with Crippen LogP contribution in [0.15, 0.2) is 249 Å². The zero-order valence-corrected chi connectivity index (χ0v) is 37.9. The molecule has 0 saturated heterocycles. The first-order chi connectivity index (χ1) is 34.7. The maximum Gasteiger partial charge on any atom is 0.160 e. The number of fused-ring (bicyclic) bond motifs is 10. The van der Waals surface area contributed by atoms with Gasteiger partial charge in [-0.2, -0.15) is 0 Å². The summed E-state index contributed by atoms with van der Waals surface area (Å²) in [5, 5.41) is 8.42. The van der Waals surface area contributed by atoms with E-state index in [4.69, 9.17) is 15.0 Å². The van der Waals surface area contributed by atoms with Crippen LogP contribution in [0.4, 0.5) is 0 Å². The van der Waals surface area contributed by atoms with Gasteiger partial charge in [-0.15, -0.1) is 0 Å². The average molecular weight is 892 g/mol. The minimum Gasteiger partial charge on any atom is -0.309 e. The summed E-state index contributed by atoms with van der Waals surface area (Å²) in [6.07, 6.45) is 0. The van der Waals surface area contributed by atoms with Gasteiger partial charge in [-0.1, -0.05) is 188 Å². The second-order valence-electron chi connectivity index (χ2n) is 18.0. The molecule has 4 heterocycles. The summed E-state index contributed by atoms with van der Waals surface area (Å²) in [6, 6.07) is 88.4. The Labute approximate surface area is 403 Å². The van der Waals surface area contributed by atoms with Gasteiger partial charge >= 0.3 is 0 Å². The van der Waals surface area contributed by atoms with Gasteiger partial charge in [0.25, 0.3) is 0 Å². The van der Waals surface area contributed by atoms with Crippen LogP contribution in [0.25, 0.3) is 133 Å². The fourth-order valence-corrected chi connectivity index (χ4v) is 10.7. The summed E-state index contributed by atoms with van der Waals surface area (Å²) in [6.45, 7) is 0. The molecule has 0 fully saturated rings. The molecular weight excluding hydrogens is 851 g/mol. The molecule has 0 aliphatic carbocycles. The van der Waals surface area contributed by atoms with Crippen molar-refractivity contribution in [1.82, 2.24) is 24.1 Å². The lowest BCUT2D eigenvalue weighted by Gasteiger charge is -2.14. The van der Waals surface area contributed by atoms with E-state index in [-0.39, 0.29) is 0 Å². The zero-order valence-electron chi connectivity index (χ0n) is 37.9. The quantitative estimate of drug-likeness (QED) is 0.150. The highest BCUT2D eigenvalue weighted by Gasteiger charge is 2.20. The molecule has 0 aliphatic heterocycles. The Hall–Kier alpha value is -9.45. The molecule has 0 bridgehead atoms. The van der Waals surface area contributed by atoms with E-state index in [1.165, 1.54) is 49.0 Å². The number of aromatic nitrogens is 5. The van der Waals surface area contributed by atoms with E-state index < -0.39 is 0 Å². The van der Waals surface area contributed by atoms with Crippen molar-refractivity contribution < 1.29 is 0 Å². The Bertz CT molecular complexity index is 4250. The van der Waals surface area contributed by atoms with Crippen molar-refractivity contribution in [1.29, 1.82) is 0 Å². The Morgan fingerprint density at radius 1 is 0.257 bits per heavy atom. The normalized spacial score (nSPS) is 11.7. The molecule has 4 aromatic heterocycles. The molecule has 14 rings (SSSR count). The lowest BCUT2D eigenvalue weighted by molar-refractivity contribution is 1.17. The van der Waals surface area contributed by atoms with Crippen molar-refractivity contribution in [2.45, 2.75) is 0 Å². The zero-order chi connectivity index (χ0) is 46.1. The van der Waals surface area contributed by atoms with Gasteiger partial charge in [0.2, 0.25) is 0 Å². The molecule has 14 aromatic rings. The summed E-state index contributed by atoms with van der Waals surface area (Å²) in [4.78, 5) is 15.8. The van der Waals surface area contributed by atoms with Crippen LogP contribution < -0.4 is 0 Å². The highest BCUT2D eigenvalue weighted by Crippen LogP contribution is 2.43.